The maximum absolute atomic E-state index is 11.8. The number of H-pyrrole nitrogens is 1. The monoisotopic (exact) mass is 206 g/mol. The molecule has 2 heterocycles. The molecule has 2 aromatic rings. The Balaban J connectivity index is 2.45. The summed E-state index contributed by atoms with van der Waals surface area (Å²) in [5, 5.41) is 9.23. The molecule has 0 aliphatic heterocycles. The largest absolute Gasteiger partial charge is 0.302 e. The molecular weight excluding hydrogens is 198 g/mol. The van der Waals surface area contributed by atoms with Crippen LogP contribution in [0.2, 0.25) is 0 Å². The van der Waals surface area contributed by atoms with E-state index in [0.29, 0.717) is 0 Å². The van der Waals surface area contributed by atoms with Crippen molar-refractivity contribution >= 4 is 11.6 Å². The number of aryl methyl sites for hydroxylation is 1. The van der Waals surface area contributed by atoms with Crippen LogP contribution in [-0.2, 0) is 7.05 Å². The van der Waals surface area contributed by atoms with Crippen molar-refractivity contribution in [2.24, 2.45) is 12.2 Å². The molecule has 0 atom stereocenters. The van der Waals surface area contributed by atoms with Gasteiger partial charge >= 0.3 is 5.91 Å². The van der Waals surface area contributed by atoms with Crippen LogP contribution in [0.15, 0.2) is 29.8 Å². The maximum Gasteiger partial charge on any atom is 0.302 e. The van der Waals surface area contributed by atoms with Gasteiger partial charge in [0.1, 0.15) is 0 Å². The third-order valence-corrected chi connectivity index (χ3v) is 1.88. The number of carbonyl (C=O) groups is 1. The number of hydrogen-bond acceptors (Lipinski definition) is 4. The minimum atomic E-state index is -0.421. The van der Waals surface area contributed by atoms with Gasteiger partial charge in [-0.3, -0.25) is 4.79 Å². The summed E-state index contributed by atoms with van der Waals surface area (Å²) in [6, 6.07) is 1.62. The van der Waals surface area contributed by atoms with Crippen LogP contribution in [-0.4, -0.2) is 20.8 Å². The fourth-order valence-corrected chi connectivity index (χ4v) is 1.24. The summed E-state index contributed by atoms with van der Waals surface area (Å²) < 4.78 is 2.61. The van der Waals surface area contributed by atoms with Crippen LogP contribution in [0, 0.1) is 4.91 Å². The van der Waals surface area contributed by atoms with Gasteiger partial charge in [0.05, 0.1) is 0 Å². The summed E-state index contributed by atoms with van der Waals surface area (Å²) in [5.41, 5.74) is 0.189. The molecule has 1 N–H and O–H groups in total. The molecule has 15 heavy (non-hydrogen) atoms. The van der Waals surface area contributed by atoms with E-state index in [0.717, 1.165) is 4.68 Å². The third kappa shape index (κ3) is 1.54. The predicted molar refractivity (Wildman–Crippen MR) is 49.4 cm³/mol. The Morgan fingerprint density at radius 1 is 1.67 bits per heavy atom. The molecule has 0 radical (unpaired) electrons. The Kier molecular flexibility index (Phi) is 2.13. The minimum absolute atomic E-state index is 0.0676. The molecule has 0 saturated heterocycles. The Bertz CT molecular complexity index is 499. The molecule has 2 aromatic heterocycles. The SMILES string of the molecule is C[n+]1cc(N=O)c(C(=O)n2cccn2)[nH]1. The number of carbonyl (C=O) groups excluding carboxylic acids is 1. The van der Waals surface area contributed by atoms with Gasteiger partial charge in [-0.1, -0.05) is 0 Å². The fraction of sp³-hybridized carbons (Fsp3) is 0.125. The molecule has 0 aliphatic carbocycles. The molecule has 0 spiro atoms. The lowest BCUT2D eigenvalue weighted by molar-refractivity contribution is -0.726. The number of nitroso groups, excluding NO2 is 1. The Morgan fingerprint density at radius 3 is 3.07 bits per heavy atom. The van der Waals surface area contributed by atoms with E-state index in [1.54, 1.807) is 13.1 Å². The summed E-state index contributed by atoms with van der Waals surface area (Å²) in [4.78, 5) is 22.2. The van der Waals surface area contributed by atoms with Crippen molar-refractivity contribution in [1.29, 1.82) is 0 Å². The van der Waals surface area contributed by atoms with Crippen LogP contribution >= 0.6 is 0 Å². The van der Waals surface area contributed by atoms with Gasteiger partial charge in [-0.15, -0.1) is 9.59 Å². The zero-order valence-corrected chi connectivity index (χ0v) is 7.91. The number of aromatic nitrogens is 4. The second kappa shape index (κ2) is 3.45. The molecular formula is C8H8N5O2+. The van der Waals surface area contributed by atoms with Crippen molar-refractivity contribution in [3.8, 4) is 0 Å². The van der Waals surface area contributed by atoms with E-state index in [-0.39, 0.29) is 11.4 Å². The van der Waals surface area contributed by atoms with E-state index in [2.05, 4.69) is 15.4 Å². The highest BCUT2D eigenvalue weighted by Crippen LogP contribution is 2.14. The third-order valence-electron chi connectivity index (χ3n) is 1.88. The van der Waals surface area contributed by atoms with E-state index in [9.17, 15) is 9.70 Å². The highest BCUT2D eigenvalue weighted by Gasteiger charge is 2.21. The van der Waals surface area contributed by atoms with Crippen LogP contribution in [0.25, 0.3) is 0 Å². The van der Waals surface area contributed by atoms with E-state index < -0.39 is 5.91 Å². The quantitative estimate of drug-likeness (QED) is 0.559. The smallest absolute Gasteiger partial charge is 0.265 e. The molecule has 0 bridgehead atoms. The maximum atomic E-state index is 11.8. The lowest BCUT2D eigenvalue weighted by Gasteiger charge is -1.94. The molecule has 0 aliphatic rings. The zero-order valence-electron chi connectivity index (χ0n) is 7.91. The van der Waals surface area contributed by atoms with Gasteiger partial charge in [0.15, 0.2) is 12.7 Å². The molecule has 7 nitrogen and oxygen atoms in total. The molecule has 0 amide bonds. The van der Waals surface area contributed by atoms with Gasteiger partial charge in [0.2, 0.25) is 11.9 Å². The molecule has 2 rings (SSSR count). The second-order valence-electron chi connectivity index (χ2n) is 2.96. The second-order valence-corrected chi connectivity index (χ2v) is 2.96. The lowest BCUT2D eigenvalue weighted by Crippen LogP contribution is -2.29. The Morgan fingerprint density at radius 2 is 2.47 bits per heavy atom. The number of nitrogens with one attached hydrogen (secondary N) is 1. The van der Waals surface area contributed by atoms with Gasteiger partial charge in [-0.25, -0.2) is 4.68 Å². The fourth-order valence-electron chi connectivity index (χ4n) is 1.24. The van der Waals surface area contributed by atoms with Crippen molar-refractivity contribution in [3.63, 3.8) is 0 Å². The average molecular weight is 206 g/mol. The Labute approximate surface area is 84.3 Å². The molecule has 76 valence electrons. The lowest BCUT2D eigenvalue weighted by atomic mass is 10.3. The molecule has 0 saturated carbocycles. The van der Waals surface area contributed by atoms with E-state index in [1.807, 2.05) is 0 Å². The zero-order chi connectivity index (χ0) is 10.8. The van der Waals surface area contributed by atoms with Gasteiger partial charge in [-0.2, -0.15) is 10.2 Å². The van der Waals surface area contributed by atoms with Crippen LogP contribution in [0.5, 0.6) is 0 Å². The summed E-state index contributed by atoms with van der Waals surface area (Å²) >= 11 is 0. The standard InChI is InChI=1S/C8H7N5O2/c1-12-5-6(11-15)7(10-12)8(14)13-4-2-3-9-13/h2-5H,1H3/p+1. The van der Waals surface area contributed by atoms with Crippen LogP contribution in [0.4, 0.5) is 5.69 Å². The number of aromatic amines is 1. The summed E-state index contributed by atoms with van der Waals surface area (Å²) in [5.74, 6) is -0.421. The molecule has 0 aromatic carbocycles. The first-order chi connectivity index (χ1) is 7.22. The van der Waals surface area contributed by atoms with E-state index in [1.165, 1.54) is 23.3 Å². The normalized spacial score (nSPS) is 10.2. The number of nitrogens with zero attached hydrogens (tertiary/aromatic N) is 4. The highest BCUT2D eigenvalue weighted by molar-refractivity contribution is 5.97. The van der Waals surface area contributed by atoms with Crippen LogP contribution in [0.1, 0.15) is 10.5 Å². The Hall–Kier alpha value is -2.31. The summed E-state index contributed by atoms with van der Waals surface area (Å²) in [6.45, 7) is 0. The van der Waals surface area contributed by atoms with Crippen molar-refractivity contribution in [3.05, 3.63) is 35.3 Å². The molecule has 0 unspecified atom stereocenters. The van der Waals surface area contributed by atoms with Gasteiger partial charge < -0.3 is 0 Å². The number of rotatable bonds is 2. The summed E-state index contributed by atoms with van der Waals surface area (Å²) in [6.07, 6.45) is 4.41. The van der Waals surface area contributed by atoms with Crippen molar-refractivity contribution < 1.29 is 9.48 Å². The predicted octanol–water partition coefficient (Wildman–Crippen LogP) is 0.122. The average Bonchev–Trinajstić information content (AvgIpc) is 2.84. The van der Waals surface area contributed by atoms with E-state index >= 15 is 0 Å². The van der Waals surface area contributed by atoms with Crippen LogP contribution < -0.4 is 4.68 Å². The summed E-state index contributed by atoms with van der Waals surface area (Å²) in [7, 11) is 1.66. The van der Waals surface area contributed by atoms with Crippen LogP contribution in [0.3, 0.4) is 0 Å². The van der Waals surface area contributed by atoms with E-state index in [4.69, 9.17) is 0 Å². The van der Waals surface area contributed by atoms with Gasteiger partial charge in [0.25, 0.3) is 0 Å². The van der Waals surface area contributed by atoms with Crippen molar-refractivity contribution in [2.45, 2.75) is 0 Å². The van der Waals surface area contributed by atoms with Gasteiger partial charge in [0, 0.05) is 12.4 Å². The first kappa shape index (κ1) is 9.25. The first-order valence-electron chi connectivity index (χ1n) is 4.18. The van der Waals surface area contributed by atoms with Crippen molar-refractivity contribution in [2.75, 3.05) is 0 Å². The first-order valence-corrected chi connectivity index (χ1v) is 4.18. The molecule has 0 fully saturated rings. The highest BCUT2D eigenvalue weighted by atomic mass is 16.3. The van der Waals surface area contributed by atoms with Gasteiger partial charge in [-0.05, 0) is 11.2 Å². The number of hydrogen-bond donors (Lipinski definition) is 1. The molecule has 7 heteroatoms. The van der Waals surface area contributed by atoms with Crippen molar-refractivity contribution in [1.82, 2.24) is 14.9 Å². The minimum Gasteiger partial charge on any atom is -0.265 e. The topological polar surface area (TPSA) is 84.0 Å².